The zero-order valence-corrected chi connectivity index (χ0v) is 16.1. The zero-order valence-electron chi connectivity index (χ0n) is 16.1. The van der Waals surface area contributed by atoms with Crippen molar-refractivity contribution in [2.45, 2.75) is 61.4 Å². The normalized spacial score (nSPS) is 19.0. The van der Waals surface area contributed by atoms with Gasteiger partial charge in [0.05, 0.1) is 17.4 Å². The maximum atomic E-state index is 3.79. The van der Waals surface area contributed by atoms with Gasteiger partial charge in [-0.05, 0) is 32.1 Å². The third-order valence-electron chi connectivity index (χ3n) is 3.24. The molecule has 0 N–H and O–H groups in total. The molecule has 2 heterocycles. The summed E-state index contributed by atoms with van der Waals surface area (Å²) in [5, 5.41) is 0. The molecular weight excluding hydrogens is 268 g/mol. The van der Waals surface area contributed by atoms with E-state index in [1.165, 1.54) is 17.1 Å². The molecule has 1 aromatic rings. The van der Waals surface area contributed by atoms with Gasteiger partial charge in [0, 0.05) is 18.9 Å². The fraction of sp³-hybridized carbons (Fsp3) is 0.500. The van der Waals surface area contributed by atoms with Crippen LogP contribution in [-0.2, 0) is 0 Å². The molecule has 126 valence electrons. The van der Waals surface area contributed by atoms with Crippen molar-refractivity contribution in [2.24, 2.45) is 0 Å². The summed E-state index contributed by atoms with van der Waals surface area (Å²) in [4.78, 5) is 2.30. The Balaban J connectivity index is 0. The molecule has 1 atom stereocenters. The molecule has 0 bridgehead atoms. The van der Waals surface area contributed by atoms with E-state index in [-0.39, 0.29) is 0 Å². The van der Waals surface area contributed by atoms with Crippen molar-refractivity contribution in [1.82, 2.24) is 9.47 Å². The van der Waals surface area contributed by atoms with E-state index < -0.39 is 0 Å². The molecule has 22 heavy (non-hydrogen) atoms. The summed E-state index contributed by atoms with van der Waals surface area (Å²) in [6.07, 6.45) is 8.15. The number of hydrogen-bond acceptors (Lipinski definition) is 1. The molecule has 0 aliphatic carbocycles. The maximum absolute atomic E-state index is 3.79. The maximum Gasteiger partial charge on any atom is 0.0684 e. The smallest absolute Gasteiger partial charge is 0.0684 e. The fourth-order valence-electron chi connectivity index (χ4n) is 2.29. The summed E-state index contributed by atoms with van der Waals surface area (Å²) >= 11 is 0. The summed E-state index contributed by atoms with van der Waals surface area (Å²) in [7, 11) is 2.13. The van der Waals surface area contributed by atoms with E-state index >= 15 is 0 Å². The Kier molecular flexibility index (Phi) is 13.3. The van der Waals surface area contributed by atoms with Crippen LogP contribution in [0.2, 0.25) is 0 Å². The molecule has 0 radical (unpaired) electrons. The largest absolute Gasteiger partial charge is 0.365 e. The first-order valence-corrected chi connectivity index (χ1v) is 8.60. The Morgan fingerprint density at radius 1 is 1.05 bits per heavy atom. The van der Waals surface area contributed by atoms with E-state index in [0.717, 1.165) is 0 Å². The molecule has 1 aromatic heterocycles. The van der Waals surface area contributed by atoms with E-state index in [1.54, 1.807) is 0 Å². The number of allylic oxidation sites excluding steroid dienone is 4. The van der Waals surface area contributed by atoms with E-state index in [4.69, 9.17) is 0 Å². The Hall–Kier alpha value is -1.70. The molecular formula is C20H36N2. The SMILES string of the molecule is C=C/C=C1\C(=C/C)N(C)C(C)c2cccn21.CC.CC.CC. The molecule has 0 fully saturated rings. The van der Waals surface area contributed by atoms with Crippen LogP contribution in [0.5, 0.6) is 0 Å². The number of likely N-dealkylation sites (N-methyl/N-ethyl adjacent to an activating group) is 1. The van der Waals surface area contributed by atoms with Gasteiger partial charge in [0.1, 0.15) is 0 Å². The lowest BCUT2D eigenvalue weighted by molar-refractivity contribution is 0.316. The van der Waals surface area contributed by atoms with Crippen LogP contribution in [0.15, 0.2) is 48.8 Å². The molecule has 0 saturated heterocycles. The highest BCUT2D eigenvalue weighted by Crippen LogP contribution is 2.35. The van der Waals surface area contributed by atoms with Gasteiger partial charge >= 0.3 is 0 Å². The predicted molar refractivity (Wildman–Crippen MR) is 103 cm³/mol. The van der Waals surface area contributed by atoms with Gasteiger partial charge in [-0.25, -0.2) is 0 Å². The molecule has 1 aliphatic heterocycles. The van der Waals surface area contributed by atoms with Gasteiger partial charge in [0.25, 0.3) is 0 Å². The van der Waals surface area contributed by atoms with Crippen molar-refractivity contribution in [2.75, 3.05) is 7.05 Å². The zero-order chi connectivity index (χ0) is 17.7. The van der Waals surface area contributed by atoms with Gasteiger partial charge < -0.3 is 9.47 Å². The highest BCUT2D eigenvalue weighted by molar-refractivity contribution is 5.68. The second kappa shape index (κ2) is 13.0. The standard InChI is InChI=1S/C14H18N2.3C2H6/c1-5-8-14-12(6-2)15(4)11(3)13-9-7-10-16(13)14;3*1-2/h5-11H,1H2,2-4H3;3*1-2H3/b12-6+,14-8+;;;. The van der Waals surface area contributed by atoms with Gasteiger partial charge in [0.15, 0.2) is 0 Å². The number of fused-ring (bicyclic) bond motifs is 1. The van der Waals surface area contributed by atoms with Crippen molar-refractivity contribution in [3.05, 3.63) is 54.5 Å². The first-order chi connectivity index (χ1) is 10.7. The predicted octanol–water partition coefficient (Wildman–Crippen LogP) is 6.50. The van der Waals surface area contributed by atoms with Crippen molar-refractivity contribution < 1.29 is 0 Å². The average molecular weight is 305 g/mol. The lowest BCUT2D eigenvalue weighted by Crippen LogP contribution is -2.30. The Morgan fingerprint density at radius 2 is 1.59 bits per heavy atom. The van der Waals surface area contributed by atoms with E-state index in [9.17, 15) is 0 Å². The van der Waals surface area contributed by atoms with Crippen LogP contribution >= 0.6 is 0 Å². The average Bonchev–Trinajstić information content (AvgIpc) is 3.08. The monoisotopic (exact) mass is 304 g/mol. The molecule has 1 unspecified atom stereocenters. The summed E-state index contributed by atoms with van der Waals surface area (Å²) in [6.45, 7) is 20.1. The van der Waals surface area contributed by atoms with Gasteiger partial charge in [-0.15, -0.1) is 0 Å². The van der Waals surface area contributed by atoms with Crippen LogP contribution in [0, 0.1) is 0 Å². The third kappa shape index (κ3) is 4.94. The quantitative estimate of drug-likeness (QED) is 0.574. The number of rotatable bonds is 1. The van der Waals surface area contributed by atoms with Gasteiger partial charge in [-0.2, -0.15) is 0 Å². The first-order valence-electron chi connectivity index (χ1n) is 8.60. The number of aromatic nitrogens is 1. The van der Waals surface area contributed by atoms with E-state index in [1.807, 2.05) is 47.6 Å². The van der Waals surface area contributed by atoms with Crippen molar-refractivity contribution in [1.29, 1.82) is 0 Å². The second-order valence-corrected chi connectivity index (χ2v) is 4.05. The summed E-state index contributed by atoms with van der Waals surface area (Å²) < 4.78 is 2.24. The molecule has 2 rings (SSSR count). The van der Waals surface area contributed by atoms with Crippen LogP contribution in [0.25, 0.3) is 5.70 Å². The number of nitrogens with zero attached hydrogens (tertiary/aromatic N) is 2. The minimum absolute atomic E-state index is 0.406. The molecule has 2 heteroatoms. The summed E-state index contributed by atoms with van der Waals surface area (Å²) in [5.41, 5.74) is 3.76. The molecule has 2 nitrogen and oxygen atoms in total. The van der Waals surface area contributed by atoms with Crippen LogP contribution in [-0.4, -0.2) is 16.5 Å². The van der Waals surface area contributed by atoms with Crippen LogP contribution < -0.4 is 0 Å². The van der Waals surface area contributed by atoms with E-state index in [0.29, 0.717) is 6.04 Å². The van der Waals surface area contributed by atoms with Gasteiger partial charge in [-0.3, -0.25) is 0 Å². The minimum atomic E-state index is 0.406. The lowest BCUT2D eigenvalue weighted by Gasteiger charge is -2.37. The molecule has 0 amide bonds. The van der Waals surface area contributed by atoms with Crippen molar-refractivity contribution in [3.63, 3.8) is 0 Å². The topological polar surface area (TPSA) is 8.17 Å². The van der Waals surface area contributed by atoms with Crippen LogP contribution in [0.1, 0.15) is 67.1 Å². The first kappa shape index (κ1) is 22.6. The van der Waals surface area contributed by atoms with Gasteiger partial charge in [-0.1, -0.05) is 60.3 Å². The summed E-state index contributed by atoms with van der Waals surface area (Å²) in [6, 6.07) is 4.67. The molecule has 0 saturated carbocycles. The van der Waals surface area contributed by atoms with Crippen molar-refractivity contribution >= 4 is 5.70 Å². The minimum Gasteiger partial charge on any atom is -0.365 e. The van der Waals surface area contributed by atoms with Crippen molar-refractivity contribution in [3.8, 4) is 0 Å². The molecule has 0 spiro atoms. The van der Waals surface area contributed by atoms with Crippen LogP contribution in [0.3, 0.4) is 0 Å². The molecule has 1 aliphatic rings. The summed E-state index contributed by atoms with van der Waals surface area (Å²) in [5.74, 6) is 0. The highest BCUT2D eigenvalue weighted by Gasteiger charge is 2.26. The Bertz CT molecular complexity index is 464. The molecule has 0 aromatic carbocycles. The Morgan fingerprint density at radius 3 is 2.05 bits per heavy atom. The second-order valence-electron chi connectivity index (χ2n) is 4.05. The number of hydrogen-bond donors (Lipinski definition) is 0. The van der Waals surface area contributed by atoms with Gasteiger partial charge in [0.2, 0.25) is 0 Å². The lowest BCUT2D eigenvalue weighted by atomic mass is 10.1. The fourth-order valence-corrected chi connectivity index (χ4v) is 2.29. The third-order valence-corrected chi connectivity index (χ3v) is 3.24. The van der Waals surface area contributed by atoms with Crippen LogP contribution in [0.4, 0.5) is 0 Å². The highest BCUT2D eigenvalue weighted by atomic mass is 15.2. The van der Waals surface area contributed by atoms with E-state index in [2.05, 4.69) is 67.4 Å². The Labute approximate surface area is 138 Å².